The van der Waals surface area contributed by atoms with Crippen LogP contribution in [0.4, 0.5) is 0 Å². The van der Waals surface area contributed by atoms with Crippen molar-refractivity contribution >= 4 is 16.9 Å². The molecule has 3 rings (SSSR count). The smallest absolute Gasteiger partial charge is 0.287 e. The van der Waals surface area contributed by atoms with Crippen LogP contribution in [0.25, 0.3) is 11.0 Å². The molecule has 128 valence electrons. The van der Waals surface area contributed by atoms with Gasteiger partial charge in [-0.3, -0.25) is 9.59 Å². The first-order valence-corrected chi connectivity index (χ1v) is 8.58. The van der Waals surface area contributed by atoms with Gasteiger partial charge in [0, 0.05) is 12.6 Å². The number of hydrogen-bond donors (Lipinski definition) is 1. The van der Waals surface area contributed by atoms with Crippen molar-refractivity contribution in [2.75, 3.05) is 13.2 Å². The Labute approximate surface area is 141 Å². The molecule has 1 fully saturated rings. The van der Waals surface area contributed by atoms with Gasteiger partial charge in [0.25, 0.3) is 5.91 Å². The fourth-order valence-electron chi connectivity index (χ4n) is 3.21. The molecule has 0 aliphatic heterocycles. The Morgan fingerprint density at radius 1 is 1.29 bits per heavy atom. The minimum Gasteiger partial charge on any atom is -0.451 e. The van der Waals surface area contributed by atoms with Crippen molar-refractivity contribution in [2.45, 2.75) is 38.7 Å². The van der Waals surface area contributed by atoms with Gasteiger partial charge in [0.15, 0.2) is 11.2 Å². The number of ether oxygens (including phenoxy) is 1. The SMILES string of the molecule is C[C@H]1CCCC[C@H]1OCCNC(=O)c1cc(=O)c2ccccc2o1. The lowest BCUT2D eigenvalue weighted by Gasteiger charge is -2.28. The molecular formula is C19H23NO4. The molecule has 1 N–H and O–H groups in total. The van der Waals surface area contributed by atoms with E-state index in [2.05, 4.69) is 12.2 Å². The molecule has 1 heterocycles. The van der Waals surface area contributed by atoms with Crippen molar-refractivity contribution in [3.8, 4) is 0 Å². The summed E-state index contributed by atoms with van der Waals surface area (Å²) in [5.74, 6) is 0.218. The monoisotopic (exact) mass is 329 g/mol. The molecule has 5 heteroatoms. The van der Waals surface area contributed by atoms with Gasteiger partial charge in [0.05, 0.1) is 18.1 Å². The van der Waals surface area contributed by atoms with E-state index in [1.54, 1.807) is 24.3 Å². The van der Waals surface area contributed by atoms with E-state index in [1.165, 1.54) is 25.3 Å². The molecule has 0 saturated heterocycles. The maximum Gasteiger partial charge on any atom is 0.287 e. The third-order valence-electron chi connectivity index (χ3n) is 4.61. The van der Waals surface area contributed by atoms with Crippen molar-refractivity contribution in [3.63, 3.8) is 0 Å². The number of carbonyl (C=O) groups excluding carboxylic acids is 1. The highest BCUT2D eigenvalue weighted by atomic mass is 16.5. The molecule has 1 aromatic heterocycles. The molecule has 5 nitrogen and oxygen atoms in total. The molecule has 2 aromatic rings. The highest BCUT2D eigenvalue weighted by Gasteiger charge is 2.21. The Kier molecular flexibility index (Phi) is 5.30. The number of rotatable bonds is 5. The third-order valence-corrected chi connectivity index (χ3v) is 4.61. The van der Waals surface area contributed by atoms with Crippen molar-refractivity contribution in [1.82, 2.24) is 5.32 Å². The van der Waals surface area contributed by atoms with Crippen LogP contribution >= 0.6 is 0 Å². The molecule has 0 unspecified atom stereocenters. The molecular weight excluding hydrogens is 306 g/mol. The summed E-state index contributed by atoms with van der Waals surface area (Å²) in [6.45, 7) is 3.09. The summed E-state index contributed by atoms with van der Waals surface area (Å²) in [5, 5.41) is 3.22. The second-order valence-corrected chi connectivity index (χ2v) is 6.40. The zero-order valence-electron chi connectivity index (χ0n) is 13.9. The molecule has 1 aromatic carbocycles. The van der Waals surface area contributed by atoms with Gasteiger partial charge in [-0.25, -0.2) is 0 Å². The van der Waals surface area contributed by atoms with Crippen LogP contribution in [-0.4, -0.2) is 25.2 Å². The summed E-state index contributed by atoms with van der Waals surface area (Å²) < 4.78 is 11.4. The lowest BCUT2D eigenvalue weighted by molar-refractivity contribution is -0.00300. The topological polar surface area (TPSA) is 68.5 Å². The predicted molar refractivity (Wildman–Crippen MR) is 92.2 cm³/mol. The molecule has 0 bridgehead atoms. The average molecular weight is 329 g/mol. The zero-order valence-corrected chi connectivity index (χ0v) is 13.9. The Hall–Kier alpha value is -2.14. The van der Waals surface area contributed by atoms with E-state index in [0.29, 0.717) is 30.0 Å². The zero-order chi connectivity index (χ0) is 16.9. The van der Waals surface area contributed by atoms with Crippen LogP contribution in [-0.2, 0) is 4.74 Å². The van der Waals surface area contributed by atoms with E-state index in [-0.39, 0.29) is 17.3 Å². The van der Waals surface area contributed by atoms with E-state index < -0.39 is 5.91 Å². The minimum atomic E-state index is -0.391. The van der Waals surface area contributed by atoms with Gasteiger partial charge in [-0.2, -0.15) is 0 Å². The second kappa shape index (κ2) is 7.62. The molecule has 1 aliphatic rings. The molecule has 2 atom stereocenters. The van der Waals surface area contributed by atoms with E-state index in [4.69, 9.17) is 9.15 Å². The summed E-state index contributed by atoms with van der Waals surface area (Å²) in [4.78, 5) is 24.2. The maximum absolute atomic E-state index is 12.2. The fourth-order valence-corrected chi connectivity index (χ4v) is 3.21. The minimum absolute atomic E-state index is 0.0322. The van der Waals surface area contributed by atoms with Gasteiger partial charge in [-0.1, -0.05) is 31.9 Å². The van der Waals surface area contributed by atoms with Crippen LogP contribution < -0.4 is 10.7 Å². The van der Waals surface area contributed by atoms with Crippen molar-refractivity contribution in [3.05, 3.63) is 46.3 Å². The van der Waals surface area contributed by atoms with Crippen LogP contribution in [0.3, 0.4) is 0 Å². The summed E-state index contributed by atoms with van der Waals surface area (Å²) in [5.41, 5.74) is 0.205. The maximum atomic E-state index is 12.2. The summed E-state index contributed by atoms with van der Waals surface area (Å²) in [7, 11) is 0. The molecule has 1 saturated carbocycles. The average Bonchev–Trinajstić information content (AvgIpc) is 2.60. The fraction of sp³-hybridized carbons (Fsp3) is 0.474. The Bertz CT molecular complexity index is 767. The van der Waals surface area contributed by atoms with Gasteiger partial charge in [0.1, 0.15) is 5.58 Å². The van der Waals surface area contributed by atoms with Crippen LogP contribution in [0.5, 0.6) is 0 Å². The first-order chi connectivity index (χ1) is 11.6. The van der Waals surface area contributed by atoms with Gasteiger partial charge < -0.3 is 14.5 Å². The number of hydrogen-bond acceptors (Lipinski definition) is 4. The lowest BCUT2D eigenvalue weighted by atomic mass is 9.88. The number of carbonyl (C=O) groups is 1. The van der Waals surface area contributed by atoms with E-state index in [1.807, 2.05) is 0 Å². The normalized spacial score (nSPS) is 20.9. The first kappa shape index (κ1) is 16.7. The van der Waals surface area contributed by atoms with Gasteiger partial charge in [-0.15, -0.1) is 0 Å². The summed E-state index contributed by atoms with van der Waals surface area (Å²) in [6, 6.07) is 8.14. The van der Waals surface area contributed by atoms with Gasteiger partial charge >= 0.3 is 0 Å². The predicted octanol–water partition coefficient (Wildman–Crippen LogP) is 3.12. The quantitative estimate of drug-likeness (QED) is 0.856. The standard InChI is InChI=1S/C19H23NO4/c1-13-6-2-4-8-16(13)23-11-10-20-19(22)18-12-15(21)14-7-3-5-9-17(14)24-18/h3,5,7,9,12-13,16H,2,4,6,8,10-11H2,1H3,(H,20,22)/t13-,16+/m0/s1. The number of benzene rings is 1. The van der Waals surface area contributed by atoms with Crippen LogP contribution in [0.1, 0.15) is 43.2 Å². The molecule has 1 aliphatic carbocycles. The molecule has 1 amide bonds. The number of nitrogens with one attached hydrogen (secondary N) is 1. The van der Waals surface area contributed by atoms with Crippen LogP contribution in [0.2, 0.25) is 0 Å². The van der Waals surface area contributed by atoms with Gasteiger partial charge in [-0.05, 0) is 30.9 Å². The van der Waals surface area contributed by atoms with E-state index >= 15 is 0 Å². The summed E-state index contributed by atoms with van der Waals surface area (Å²) in [6.07, 6.45) is 5.07. The van der Waals surface area contributed by atoms with Crippen molar-refractivity contribution < 1.29 is 13.9 Å². The van der Waals surface area contributed by atoms with Crippen LogP contribution in [0, 0.1) is 5.92 Å². The highest BCUT2D eigenvalue weighted by molar-refractivity contribution is 5.93. The van der Waals surface area contributed by atoms with Crippen molar-refractivity contribution in [1.29, 1.82) is 0 Å². The summed E-state index contributed by atoms with van der Waals surface area (Å²) >= 11 is 0. The number of para-hydroxylation sites is 1. The van der Waals surface area contributed by atoms with Crippen LogP contribution in [0.15, 0.2) is 39.5 Å². The molecule has 0 spiro atoms. The first-order valence-electron chi connectivity index (χ1n) is 8.58. The lowest BCUT2D eigenvalue weighted by Crippen LogP contribution is -2.32. The van der Waals surface area contributed by atoms with E-state index in [0.717, 1.165) is 6.42 Å². The third kappa shape index (κ3) is 3.85. The number of amides is 1. The van der Waals surface area contributed by atoms with Crippen molar-refractivity contribution in [2.24, 2.45) is 5.92 Å². The Balaban J connectivity index is 1.54. The molecule has 24 heavy (non-hydrogen) atoms. The van der Waals surface area contributed by atoms with Gasteiger partial charge in [0.2, 0.25) is 0 Å². The second-order valence-electron chi connectivity index (χ2n) is 6.40. The highest BCUT2D eigenvalue weighted by Crippen LogP contribution is 2.25. The van der Waals surface area contributed by atoms with E-state index in [9.17, 15) is 9.59 Å². The molecule has 0 radical (unpaired) electrons. The number of fused-ring (bicyclic) bond motifs is 1. The largest absolute Gasteiger partial charge is 0.451 e. The Morgan fingerprint density at radius 3 is 2.92 bits per heavy atom. The Morgan fingerprint density at radius 2 is 2.08 bits per heavy atom.